The fourth-order valence-electron chi connectivity index (χ4n) is 2.13. The van der Waals surface area contributed by atoms with Gasteiger partial charge in [-0.15, -0.1) is 0 Å². The molecule has 0 aliphatic heterocycles. The van der Waals surface area contributed by atoms with E-state index in [1.165, 1.54) is 70.3 Å². The lowest BCUT2D eigenvalue weighted by Crippen LogP contribution is -2.17. The predicted molar refractivity (Wildman–Crippen MR) is 89.1 cm³/mol. The Labute approximate surface area is 117 Å². The van der Waals surface area contributed by atoms with Crippen molar-refractivity contribution in [2.45, 2.75) is 96.8 Å². The van der Waals surface area contributed by atoms with Crippen LogP contribution in [0.3, 0.4) is 0 Å². The minimum absolute atomic E-state index is 0.841. The molecule has 0 saturated heterocycles. The second-order valence-corrected chi connectivity index (χ2v) is 12.4. The van der Waals surface area contributed by atoms with Gasteiger partial charge in [0.25, 0.3) is 0 Å². The molecule has 0 N–H and O–H groups in total. The molecule has 0 aromatic carbocycles. The van der Waals surface area contributed by atoms with Crippen molar-refractivity contribution in [3.63, 3.8) is 0 Å². The van der Waals surface area contributed by atoms with Gasteiger partial charge >= 0.3 is 0 Å². The van der Waals surface area contributed by atoms with E-state index in [9.17, 15) is 0 Å². The van der Waals surface area contributed by atoms with E-state index >= 15 is 0 Å². The summed E-state index contributed by atoms with van der Waals surface area (Å²) in [7, 11) is -0.841. The summed E-state index contributed by atoms with van der Waals surface area (Å²) < 4.78 is 0. The van der Waals surface area contributed by atoms with Crippen LogP contribution in [0.15, 0.2) is 12.2 Å². The molecule has 0 aliphatic carbocycles. The average Bonchev–Trinajstić information content (AvgIpc) is 2.29. The minimum Gasteiger partial charge on any atom is -0.0912 e. The van der Waals surface area contributed by atoms with Crippen LogP contribution < -0.4 is 0 Å². The van der Waals surface area contributed by atoms with E-state index < -0.39 is 8.07 Å². The summed E-state index contributed by atoms with van der Waals surface area (Å²) in [6.45, 7) is 9.61. The van der Waals surface area contributed by atoms with Crippen LogP contribution in [0.2, 0.25) is 25.7 Å². The molecule has 0 aromatic rings. The first-order valence-corrected chi connectivity index (χ1v) is 11.9. The second kappa shape index (κ2) is 12.0. The maximum atomic E-state index is 2.44. The largest absolute Gasteiger partial charge is 0.0912 e. The van der Waals surface area contributed by atoms with Crippen molar-refractivity contribution in [3.05, 3.63) is 12.2 Å². The quantitative estimate of drug-likeness (QED) is 0.207. The number of hydrogen-bond acceptors (Lipinski definition) is 0. The minimum atomic E-state index is -0.841. The first kappa shape index (κ1) is 18.0. The summed E-state index contributed by atoms with van der Waals surface area (Å²) in [5.41, 5.74) is 0. The third kappa shape index (κ3) is 16.0. The highest BCUT2D eigenvalue weighted by Crippen LogP contribution is 2.12. The van der Waals surface area contributed by atoms with Gasteiger partial charge in [-0.3, -0.25) is 0 Å². The van der Waals surface area contributed by atoms with Crippen LogP contribution in [0.25, 0.3) is 0 Å². The van der Waals surface area contributed by atoms with Crippen molar-refractivity contribution >= 4 is 8.07 Å². The van der Waals surface area contributed by atoms with Crippen LogP contribution in [-0.2, 0) is 0 Å². The SMILES string of the molecule is CCCCCCCCCCC/C=C/C[Si](C)(C)C. The van der Waals surface area contributed by atoms with Gasteiger partial charge in [-0.2, -0.15) is 0 Å². The summed E-state index contributed by atoms with van der Waals surface area (Å²) >= 11 is 0. The number of hydrogen-bond donors (Lipinski definition) is 0. The third-order valence-electron chi connectivity index (χ3n) is 3.37. The standard InChI is InChI=1S/C17H36Si/c1-5-6-7-8-9-10-11-12-13-14-15-16-17-18(2,3)4/h15-16H,5-14,17H2,1-4H3/b16-15+. The molecule has 0 aliphatic rings. The van der Waals surface area contributed by atoms with Crippen LogP contribution in [0.4, 0.5) is 0 Å². The molecule has 0 saturated carbocycles. The Morgan fingerprint density at radius 2 is 1.17 bits per heavy atom. The van der Waals surface area contributed by atoms with Crippen LogP contribution >= 0.6 is 0 Å². The van der Waals surface area contributed by atoms with E-state index in [2.05, 4.69) is 38.7 Å². The van der Waals surface area contributed by atoms with Gasteiger partial charge in [0.05, 0.1) is 0 Å². The van der Waals surface area contributed by atoms with E-state index in [1.54, 1.807) is 0 Å². The highest BCUT2D eigenvalue weighted by atomic mass is 28.3. The van der Waals surface area contributed by atoms with Crippen LogP contribution in [-0.4, -0.2) is 8.07 Å². The molecule has 0 amide bonds. The summed E-state index contributed by atoms with van der Waals surface area (Å²) in [6.07, 6.45) is 19.1. The van der Waals surface area contributed by atoms with Crippen molar-refractivity contribution < 1.29 is 0 Å². The summed E-state index contributed by atoms with van der Waals surface area (Å²) in [4.78, 5) is 0. The molecule has 1 heteroatoms. The summed E-state index contributed by atoms with van der Waals surface area (Å²) in [6, 6.07) is 1.35. The molecule has 108 valence electrons. The van der Waals surface area contributed by atoms with E-state index in [1.807, 2.05) is 0 Å². The summed E-state index contributed by atoms with van der Waals surface area (Å²) in [5, 5.41) is 0. The van der Waals surface area contributed by atoms with Crippen LogP contribution in [0.5, 0.6) is 0 Å². The molecule has 18 heavy (non-hydrogen) atoms. The molecular weight excluding hydrogens is 232 g/mol. The van der Waals surface area contributed by atoms with Gasteiger partial charge in [0, 0.05) is 8.07 Å². The Morgan fingerprint density at radius 3 is 1.67 bits per heavy atom. The van der Waals surface area contributed by atoms with Gasteiger partial charge in [-0.1, -0.05) is 90.1 Å². The van der Waals surface area contributed by atoms with E-state index in [4.69, 9.17) is 0 Å². The zero-order chi connectivity index (χ0) is 13.7. The smallest absolute Gasteiger partial charge is 0.0480 e. The molecule has 0 rings (SSSR count). The Hall–Kier alpha value is -0.0431. The fourth-order valence-corrected chi connectivity index (χ4v) is 3.00. The second-order valence-electron chi connectivity index (χ2n) is 6.85. The van der Waals surface area contributed by atoms with Gasteiger partial charge in [0.2, 0.25) is 0 Å². The van der Waals surface area contributed by atoms with E-state index in [-0.39, 0.29) is 0 Å². The van der Waals surface area contributed by atoms with E-state index in [0.29, 0.717) is 0 Å². The van der Waals surface area contributed by atoms with Crippen molar-refractivity contribution in [2.24, 2.45) is 0 Å². The fraction of sp³-hybridized carbons (Fsp3) is 0.882. The third-order valence-corrected chi connectivity index (χ3v) is 4.83. The lowest BCUT2D eigenvalue weighted by molar-refractivity contribution is 0.566. The number of allylic oxidation sites excluding steroid dienone is 2. The first-order valence-electron chi connectivity index (χ1n) is 8.21. The van der Waals surface area contributed by atoms with Gasteiger partial charge in [0.15, 0.2) is 0 Å². The highest BCUT2D eigenvalue weighted by Gasteiger charge is 2.08. The molecule has 0 aromatic heterocycles. The van der Waals surface area contributed by atoms with Crippen LogP contribution in [0, 0.1) is 0 Å². The van der Waals surface area contributed by atoms with Crippen molar-refractivity contribution in [1.29, 1.82) is 0 Å². The summed E-state index contributed by atoms with van der Waals surface area (Å²) in [5.74, 6) is 0. The average molecular weight is 269 g/mol. The Balaban J connectivity index is 3.12. The molecule has 0 heterocycles. The van der Waals surface area contributed by atoms with Gasteiger partial charge in [-0.05, 0) is 18.9 Å². The van der Waals surface area contributed by atoms with Crippen LogP contribution in [0.1, 0.15) is 71.1 Å². The normalized spacial score (nSPS) is 12.4. The van der Waals surface area contributed by atoms with Crippen molar-refractivity contribution in [1.82, 2.24) is 0 Å². The number of unbranched alkanes of at least 4 members (excludes halogenated alkanes) is 9. The van der Waals surface area contributed by atoms with E-state index in [0.717, 1.165) is 0 Å². The number of rotatable bonds is 12. The molecule has 0 nitrogen and oxygen atoms in total. The first-order chi connectivity index (χ1) is 8.56. The maximum absolute atomic E-state index is 2.44. The zero-order valence-corrected chi connectivity index (χ0v) is 14.4. The lowest BCUT2D eigenvalue weighted by atomic mass is 10.1. The van der Waals surface area contributed by atoms with Gasteiger partial charge < -0.3 is 0 Å². The van der Waals surface area contributed by atoms with Crippen molar-refractivity contribution in [3.8, 4) is 0 Å². The Kier molecular flexibility index (Phi) is 12.0. The topological polar surface area (TPSA) is 0 Å². The Bertz CT molecular complexity index is 188. The molecule has 0 bridgehead atoms. The zero-order valence-electron chi connectivity index (χ0n) is 13.4. The van der Waals surface area contributed by atoms with Gasteiger partial charge in [-0.25, -0.2) is 0 Å². The predicted octanol–water partition coefficient (Wildman–Crippen LogP) is 6.80. The van der Waals surface area contributed by atoms with Crippen molar-refractivity contribution in [2.75, 3.05) is 0 Å². The Morgan fingerprint density at radius 1 is 0.667 bits per heavy atom. The molecular formula is C17H36Si. The highest BCUT2D eigenvalue weighted by molar-refractivity contribution is 6.76. The molecule has 0 unspecified atom stereocenters. The van der Waals surface area contributed by atoms with Gasteiger partial charge in [0.1, 0.15) is 0 Å². The maximum Gasteiger partial charge on any atom is 0.0480 e. The monoisotopic (exact) mass is 268 g/mol. The molecule has 0 atom stereocenters. The molecule has 0 spiro atoms. The molecule has 0 fully saturated rings. The molecule has 0 radical (unpaired) electrons. The lowest BCUT2D eigenvalue weighted by Gasteiger charge is -2.11.